The molecule has 2 heterocycles. The van der Waals surface area contributed by atoms with Crippen molar-refractivity contribution in [3.05, 3.63) is 58.3 Å². The van der Waals surface area contributed by atoms with E-state index in [-0.39, 0.29) is 6.04 Å². The maximum absolute atomic E-state index is 5.66. The van der Waals surface area contributed by atoms with Crippen LogP contribution in [0.3, 0.4) is 0 Å². The van der Waals surface area contributed by atoms with E-state index >= 15 is 0 Å². The van der Waals surface area contributed by atoms with E-state index in [0.29, 0.717) is 6.04 Å². The molecule has 3 rings (SSSR count). The van der Waals surface area contributed by atoms with Gasteiger partial charge in [0, 0.05) is 11.4 Å². The number of thiocarbonyl (C=S) groups is 1. The molecule has 1 saturated heterocycles. The molecule has 0 amide bonds. The van der Waals surface area contributed by atoms with E-state index in [9.17, 15) is 0 Å². The van der Waals surface area contributed by atoms with Crippen LogP contribution in [0, 0.1) is 0 Å². The number of nitrogens with one attached hydrogen (secondary N) is 1. The normalized spacial score (nSPS) is 19.5. The van der Waals surface area contributed by atoms with Crippen LogP contribution in [-0.4, -0.2) is 16.6 Å². The summed E-state index contributed by atoms with van der Waals surface area (Å²) in [6, 6.07) is 15.5. The van der Waals surface area contributed by atoms with E-state index < -0.39 is 0 Å². The summed E-state index contributed by atoms with van der Waals surface area (Å²) in [6.07, 6.45) is 2.41. The Morgan fingerprint density at radius 2 is 2.10 bits per heavy atom. The second-order valence-corrected chi connectivity index (χ2v) is 6.81. The second-order valence-electron chi connectivity index (χ2n) is 5.45. The molecule has 21 heavy (non-hydrogen) atoms. The third-order valence-electron chi connectivity index (χ3n) is 4.02. The molecule has 4 heteroatoms. The number of thiophene rings is 1. The molecule has 110 valence electrons. The highest BCUT2D eigenvalue weighted by Gasteiger charge is 2.29. The van der Waals surface area contributed by atoms with Gasteiger partial charge < -0.3 is 10.2 Å². The first kappa shape index (κ1) is 14.5. The molecule has 1 fully saturated rings. The average molecular weight is 316 g/mol. The third-order valence-corrected chi connectivity index (χ3v) is 5.35. The Labute approximate surface area is 135 Å². The topological polar surface area (TPSA) is 15.3 Å². The molecule has 0 aliphatic carbocycles. The standard InChI is InChI=1S/C17H20N2S2/c1-13(14-7-3-2-4-8-14)18-17(20)19-11-5-9-15(19)16-10-6-12-21-16/h2-4,6-8,10,12-13,15H,5,9,11H2,1H3,(H,18,20)/t13-,15+/m1/s1. The summed E-state index contributed by atoms with van der Waals surface area (Å²) in [5.41, 5.74) is 1.27. The molecule has 1 N–H and O–H groups in total. The molecule has 1 aliphatic heterocycles. The zero-order valence-corrected chi connectivity index (χ0v) is 13.8. The van der Waals surface area contributed by atoms with Gasteiger partial charge in [0.1, 0.15) is 0 Å². The molecule has 1 aromatic heterocycles. The van der Waals surface area contributed by atoms with Gasteiger partial charge >= 0.3 is 0 Å². The number of nitrogens with zero attached hydrogens (tertiary/aromatic N) is 1. The maximum atomic E-state index is 5.66. The Morgan fingerprint density at radius 1 is 1.29 bits per heavy atom. The van der Waals surface area contributed by atoms with Crippen molar-refractivity contribution in [3.63, 3.8) is 0 Å². The van der Waals surface area contributed by atoms with Crippen LogP contribution in [-0.2, 0) is 0 Å². The lowest BCUT2D eigenvalue weighted by Gasteiger charge is -2.29. The summed E-state index contributed by atoms with van der Waals surface area (Å²) in [6.45, 7) is 3.22. The molecule has 0 saturated carbocycles. The van der Waals surface area contributed by atoms with Gasteiger partial charge in [-0.15, -0.1) is 11.3 Å². The van der Waals surface area contributed by atoms with E-state index in [4.69, 9.17) is 12.2 Å². The Morgan fingerprint density at radius 3 is 2.81 bits per heavy atom. The lowest BCUT2D eigenvalue weighted by Crippen LogP contribution is -2.40. The summed E-state index contributed by atoms with van der Waals surface area (Å²) in [5, 5.41) is 6.52. The van der Waals surface area contributed by atoms with Crippen molar-refractivity contribution >= 4 is 28.7 Å². The molecule has 2 atom stereocenters. The molecule has 1 aromatic carbocycles. The predicted octanol–water partition coefficient (Wildman–Crippen LogP) is 4.52. The number of rotatable bonds is 3. The first-order valence-corrected chi connectivity index (χ1v) is 8.70. The summed E-state index contributed by atoms with van der Waals surface area (Å²) in [4.78, 5) is 3.77. The quantitative estimate of drug-likeness (QED) is 0.838. The minimum Gasteiger partial charge on any atom is -0.356 e. The smallest absolute Gasteiger partial charge is 0.169 e. The summed E-state index contributed by atoms with van der Waals surface area (Å²) in [5.74, 6) is 0. The average Bonchev–Trinajstić information content (AvgIpc) is 3.18. The Balaban J connectivity index is 1.67. The molecule has 2 aromatic rings. The molecule has 1 aliphatic rings. The third kappa shape index (κ3) is 3.27. The van der Waals surface area contributed by atoms with E-state index in [1.807, 2.05) is 17.4 Å². The van der Waals surface area contributed by atoms with Gasteiger partial charge in [0.25, 0.3) is 0 Å². The number of likely N-dealkylation sites (tertiary alicyclic amines) is 1. The maximum Gasteiger partial charge on any atom is 0.169 e. The van der Waals surface area contributed by atoms with E-state index in [2.05, 4.69) is 58.9 Å². The van der Waals surface area contributed by atoms with Gasteiger partial charge in [0.15, 0.2) is 5.11 Å². The Kier molecular flexibility index (Phi) is 4.56. The molecular formula is C17H20N2S2. The van der Waals surface area contributed by atoms with Crippen molar-refractivity contribution < 1.29 is 0 Å². The van der Waals surface area contributed by atoms with Gasteiger partial charge in [-0.2, -0.15) is 0 Å². The first-order chi connectivity index (χ1) is 10.3. The Hall–Kier alpha value is -1.39. The van der Waals surface area contributed by atoms with Gasteiger partial charge in [-0.05, 0) is 49.0 Å². The van der Waals surface area contributed by atoms with Crippen LogP contribution >= 0.6 is 23.6 Å². The number of hydrogen-bond acceptors (Lipinski definition) is 2. The highest BCUT2D eigenvalue weighted by atomic mass is 32.1. The largest absolute Gasteiger partial charge is 0.356 e. The van der Waals surface area contributed by atoms with Crippen molar-refractivity contribution in [2.24, 2.45) is 0 Å². The fraction of sp³-hybridized carbons (Fsp3) is 0.353. The zero-order chi connectivity index (χ0) is 14.7. The fourth-order valence-corrected chi connectivity index (χ4v) is 4.15. The zero-order valence-electron chi connectivity index (χ0n) is 12.2. The summed E-state index contributed by atoms with van der Waals surface area (Å²) >= 11 is 7.49. The number of benzene rings is 1. The molecule has 0 spiro atoms. The molecule has 2 nitrogen and oxygen atoms in total. The molecule has 0 radical (unpaired) electrons. The highest BCUT2D eigenvalue weighted by molar-refractivity contribution is 7.80. The summed E-state index contributed by atoms with van der Waals surface area (Å²) < 4.78 is 0. The van der Waals surface area contributed by atoms with Crippen LogP contribution in [0.25, 0.3) is 0 Å². The van der Waals surface area contributed by atoms with Crippen LogP contribution in [0.5, 0.6) is 0 Å². The van der Waals surface area contributed by atoms with Crippen LogP contribution in [0.1, 0.15) is 42.3 Å². The monoisotopic (exact) mass is 316 g/mol. The molecular weight excluding hydrogens is 296 g/mol. The summed E-state index contributed by atoms with van der Waals surface area (Å²) in [7, 11) is 0. The minimum absolute atomic E-state index is 0.239. The molecule has 0 unspecified atom stereocenters. The first-order valence-electron chi connectivity index (χ1n) is 7.41. The van der Waals surface area contributed by atoms with Gasteiger partial charge in [0.2, 0.25) is 0 Å². The van der Waals surface area contributed by atoms with Crippen molar-refractivity contribution in [2.45, 2.75) is 31.8 Å². The minimum atomic E-state index is 0.239. The molecule has 0 bridgehead atoms. The van der Waals surface area contributed by atoms with Crippen molar-refractivity contribution in [1.82, 2.24) is 10.2 Å². The van der Waals surface area contributed by atoms with Crippen molar-refractivity contribution in [3.8, 4) is 0 Å². The van der Waals surface area contributed by atoms with Crippen LogP contribution in [0.2, 0.25) is 0 Å². The van der Waals surface area contributed by atoms with Gasteiger partial charge in [0.05, 0.1) is 12.1 Å². The Bertz CT molecular complexity index is 580. The van der Waals surface area contributed by atoms with Crippen molar-refractivity contribution in [2.75, 3.05) is 6.54 Å². The van der Waals surface area contributed by atoms with Crippen LogP contribution in [0.4, 0.5) is 0 Å². The highest BCUT2D eigenvalue weighted by Crippen LogP contribution is 2.34. The number of hydrogen-bond donors (Lipinski definition) is 1. The van der Waals surface area contributed by atoms with Crippen molar-refractivity contribution in [1.29, 1.82) is 0 Å². The van der Waals surface area contributed by atoms with Gasteiger partial charge in [-0.3, -0.25) is 0 Å². The lowest BCUT2D eigenvalue weighted by atomic mass is 10.1. The van der Waals surface area contributed by atoms with E-state index in [1.165, 1.54) is 23.3 Å². The fourth-order valence-electron chi connectivity index (χ4n) is 2.88. The van der Waals surface area contributed by atoms with E-state index in [1.54, 1.807) is 0 Å². The lowest BCUT2D eigenvalue weighted by molar-refractivity contribution is 0.393. The van der Waals surface area contributed by atoms with Crippen LogP contribution < -0.4 is 5.32 Å². The van der Waals surface area contributed by atoms with Crippen LogP contribution in [0.15, 0.2) is 47.8 Å². The van der Waals surface area contributed by atoms with E-state index in [0.717, 1.165) is 11.7 Å². The van der Waals surface area contributed by atoms with Gasteiger partial charge in [-0.1, -0.05) is 36.4 Å². The van der Waals surface area contributed by atoms with Gasteiger partial charge in [-0.25, -0.2) is 0 Å². The predicted molar refractivity (Wildman–Crippen MR) is 93.6 cm³/mol. The second kappa shape index (κ2) is 6.58. The SMILES string of the molecule is C[C@@H](NC(=S)N1CCC[C@H]1c1cccs1)c1ccccc1.